The minimum absolute atomic E-state index is 0.140. The minimum Gasteiger partial charge on any atom is -0.337 e. The number of rotatable bonds is 5. The highest BCUT2D eigenvalue weighted by Crippen LogP contribution is 2.20. The molecular formula is C18H25N5OS. The van der Waals surface area contributed by atoms with E-state index >= 15 is 0 Å². The highest BCUT2D eigenvalue weighted by molar-refractivity contribution is 7.98. The molecule has 1 amide bonds. The van der Waals surface area contributed by atoms with Crippen LogP contribution in [0.4, 0.5) is 5.95 Å². The molecule has 3 rings (SSSR count). The van der Waals surface area contributed by atoms with Crippen LogP contribution in [0.3, 0.4) is 0 Å². The van der Waals surface area contributed by atoms with Crippen LogP contribution in [-0.2, 0) is 12.8 Å². The number of nitrogens with zero attached hydrogens (tertiary/aromatic N) is 5. The number of hydrogen-bond donors (Lipinski definition) is 0. The zero-order valence-corrected chi connectivity index (χ0v) is 15.9. The minimum atomic E-state index is 0.140. The van der Waals surface area contributed by atoms with Crippen LogP contribution in [0.5, 0.6) is 0 Å². The van der Waals surface area contributed by atoms with Gasteiger partial charge < -0.3 is 14.4 Å². The molecule has 0 saturated carbocycles. The first-order valence-corrected chi connectivity index (χ1v) is 9.83. The Balaban J connectivity index is 1.67. The summed E-state index contributed by atoms with van der Waals surface area (Å²) in [6, 6.07) is 7.98. The van der Waals surface area contributed by atoms with E-state index in [4.69, 9.17) is 0 Å². The van der Waals surface area contributed by atoms with Crippen molar-refractivity contribution in [2.75, 3.05) is 36.8 Å². The average molecular weight is 359 g/mol. The second-order valence-corrected chi connectivity index (χ2v) is 7.45. The molecule has 7 heteroatoms. The van der Waals surface area contributed by atoms with Crippen LogP contribution in [0.1, 0.15) is 28.7 Å². The van der Waals surface area contributed by atoms with E-state index in [-0.39, 0.29) is 5.91 Å². The van der Waals surface area contributed by atoms with Crippen molar-refractivity contribution in [1.29, 1.82) is 0 Å². The molecular weight excluding hydrogens is 334 g/mol. The number of carbonyl (C=O) groups excluding carboxylic acids is 1. The molecule has 1 aromatic carbocycles. The topological polar surface area (TPSA) is 54.3 Å². The standard InChI is InChI=1S/C18H25N5OS/c1-4-25-13-15-7-5-6-8-16(15)17(24)22-9-11-23(12-10-22)18-20-19-14(2)21(18)3/h5-8H,4,9-13H2,1-3H3. The zero-order valence-electron chi connectivity index (χ0n) is 15.1. The molecule has 1 saturated heterocycles. The van der Waals surface area contributed by atoms with Gasteiger partial charge in [0.2, 0.25) is 5.95 Å². The molecule has 0 spiro atoms. The van der Waals surface area contributed by atoms with E-state index in [1.807, 2.05) is 53.4 Å². The quantitative estimate of drug-likeness (QED) is 0.820. The molecule has 0 N–H and O–H groups in total. The first kappa shape index (κ1) is 17.8. The summed E-state index contributed by atoms with van der Waals surface area (Å²) in [5, 5.41) is 8.37. The summed E-state index contributed by atoms with van der Waals surface area (Å²) in [4.78, 5) is 17.1. The predicted molar refractivity (Wildman–Crippen MR) is 102 cm³/mol. The Morgan fingerprint density at radius 2 is 1.88 bits per heavy atom. The summed E-state index contributed by atoms with van der Waals surface area (Å²) in [6.45, 7) is 7.07. The van der Waals surface area contributed by atoms with E-state index in [9.17, 15) is 4.79 Å². The number of benzene rings is 1. The van der Waals surface area contributed by atoms with Gasteiger partial charge in [-0.25, -0.2) is 0 Å². The van der Waals surface area contributed by atoms with Crippen molar-refractivity contribution >= 4 is 23.6 Å². The van der Waals surface area contributed by atoms with Crippen molar-refractivity contribution in [2.45, 2.75) is 19.6 Å². The summed E-state index contributed by atoms with van der Waals surface area (Å²) in [6.07, 6.45) is 0. The van der Waals surface area contributed by atoms with Crippen molar-refractivity contribution in [3.63, 3.8) is 0 Å². The second-order valence-electron chi connectivity index (χ2n) is 6.18. The van der Waals surface area contributed by atoms with Crippen LogP contribution in [0.2, 0.25) is 0 Å². The van der Waals surface area contributed by atoms with E-state index in [0.717, 1.165) is 47.5 Å². The fourth-order valence-corrected chi connectivity index (χ4v) is 3.69. The molecule has 0 radical (unpaired) electrons. The molecule has 6 nitrogen and oxygen atoms in total. The van der Waals surface area contributed by atoms with E-state index in [2.05, 4.69) is 28.1 Å². The highest BCUT2D eigenvalue weighted by Gasteiger charge is 2.25. The van der Waals surface area contributed by atoms with Crippen LogP contribution >= 0.6 is 11.8 Å². The Morgan fingerprint density at radius 1 is 1.16 bits per heavy atom. The number of amides is 1. The molecule has 2 heterocycles. The summed E-state index contributed by atoms with van der Waals surface area (Å²) in [5.74, 6) is 3.86. The van der Waals surface area contributed by atoms with Crippen molar-refractivity contribution < 1.29 is 4.79 Å². The number of anilines is 1. The maximum Gasteiger partial charge on any atom is 0.254 e. The first-order chi connectivity index (χ1) is 12.1. The van der Waals surface area contributed by atoms with Gasteiger partial charge in [-0.2, -0.15) is 11.8 Å². The molecule has 1 fully saturated rings. The summed E-state index contributed by atoms with van der Waals surface area (Å²) < 4.78 is 1.99. The zero-order chi connectivity index (χ0) is 17.8. The Morgan fingerprint density at radius 3 is 2.52 bits per heavy atom. The van der Waals surface area contributed by atoms with Crippen molar-refractivity contribution in [2.24, 2.45) is 7.05 Å². The monoisotopic (exact) mass is 359 g/mol. The van der Waals surface area contributed by atoms with Gasteiger partial charge in [-0.15, -0.1) is 10.2 Å². The van der Waals surface area contributed by atoms with Gasteiger partial charge in [-0.3, -0.25) is 4.79 Å². The predicted octanol–water partition coefficient (Wildman–Crippen LogP) is 2.34. The third-order valence-corrected chi connectivity index (χ3v) is 5.55. The smallest absolute Gasteiger partial charge is 0.254 e. The number of thioether (sulfide) groups is 1. The Labute approximate surface area is 153 Å². The van der Waals surface area contributed by atoms with Crippen molar-refractivity contribution in [3.05, 3.63) is 41.2 Å². The molecule has 0 unspecified atom stereocenters. The molecule has 1 aromatic heterocycles. The van der Waals surface area contributed by atoms with E-state index in [1.165, 1.54) is 0 Å². The number of carbonyl (C=O) groups is 1. The largest absolute Gasteiger partial charge is 0.337 e. The van der Waals surface area contributed by atoms with E-state index in [0.29, 0.717) is 13.1 Å². The fraction of sp³-hybridized carbons (Fsp3) is 0.500. The van der Waals surface area contributed by atoms with Gasteiger partial charge in [-0.1, -0.05) is 25.1 Å². The maximum atomic E-state index is 13.0. The number of aryl methyl sites for hydroxylation is 1. The lowest BCUT2D eigenvalue weighted by atomic mass is 10.1. The summed E-state index contributed by atoms with van der Waals surface area (Å²) in [7, 11) is 1.98. The lowest BCUT2D eigenvalue weighted by Crippen LogP contribution is -2.49. The van der Waals surface area contributed by atoms with E-state index in [1.54, 1.807) is 0 Å². The lowest BCUT2D eigenvalue weighted by molar-refractivity contribution is 0.0745. The Bertz CT molecular complexity index is 737. The fourth-order valence-electron chi connectivity index (χ4n) is 3.02. The SMILES string of the molecule is CCSCc1ccccc1C(=O)N1CCN(c2nnc(C)n2C)CC1. The normalized spacial score (nSPS) is 14.8. The second kappa shape index (κ2) is 7.91. The molecule has 0 aliphatic carbocycles. The lowest BCUT2D eigenvalue weighted by Gasteiger charge is -2.35. The Kier molecular flexibility index (Phi) is 5.63. The van der Waals surface area contributed by atoms with Crippen molar-refractivity contribution in [1.82, 2.24) is 19.7 Å². The third kappa shape index (κ3) is 3.81. The molecule has 1 aliphatic rings. The van der Waals surface area contributed by atoms with E-state index < -0.39 is 0 Å². The van der Waals surface area contributed by atoms with Crippen LogP contribution in [0, 0.1) is 6.92 Å². The van der Waals surface area contributed by atoms with Gasteiger partial charge in [0.1, 0.15) is 5.82 Å². The molecule has 0 bridgehead atoms. The highest BCUT2D eigenvalue weighted by atomic mass is 32.2. The molecule has 1 aliphatic heterocycles. The average Bonchev–Trinajstić information content (AvgIpc) is 2.99. The Hall–Kier alpha value is -2.02. The van der Waals surface area contributed by atoms with Crippen LogP contribution in [0.25, 0.3) is 0 Å². The molecule has 2 aromatic rings. The van der Waals surface area contributed by atoms with Gasteiger partial charge >= 0.3 is 0 Å². The van der Waals surface area contributed by atoms with Gasteiger partial charge in [0.15, 0.2) is 0 Å². The molecule has 0 atom stereocenters. The number of aromatic nitrogens is 3. The molecule has 134 valence electrons. The van der Waals surface area contributed by atoms with Gasteiger partial charge in [0.25, 0.3) is 5.91 Å². The van der Waals surface area contributed by atoms with Gasteiger partial charge in [0, 0.05) is 44.5 Å². The summed E-state index contributed by atoms with van der Waals surface area (Å²) >= 11 is 1.84. The van der Waals surface area contributed by atoms with Gasteiger partial charge in [-0.05, 0) is 24.3 Å². The first-order valence-electron chi connectivity index (χ1n) is 8.67. The summed E-state index contributed by atoms with van der Waals surface area (Å²) in [5.41, 5.74) is 1.97. The number of piperazine rings is 1. The van der Waals surface area contributed by atoms with Gasteiger partial charge in [0.05, 0.1) is 0 Å². The number of hydrogen-bond acceptors (Lipinski definition) is 5. The van der Waals surface area contributed by atoms with Crippen LogP contribution < -0.4 is 4.90 Å². The van der Waals surface area contributed by atoms with Crippen molar-refractivity contribution in [3.8, 4) is 0 Å². The van der Waals surface area contributed by atoms with Crippen LogP contribution in [0.15, 0.2) is 24.3 Å². The molecule has 25 heavy (non-hydrogen) atoms. The maximum absolute atomic E-state index is 13.0. The van der Waals surface area contributed by atoms with Crippen LogP contribution in [-0.4, -0.2) is 57.5 Å². The third-order valence-electron chi connectivity index (χ3n) is 4.63.